The van der Waals surface area contributed by atoms with Gasteiger partial charge in [0.1, 0.15) is 0 Å². The number of carbonyl (C=O) groups excluding carboxylic acids is 2. The smallest absolute Gasteiger partial charge is 0.306 e. The van der Waals surface area contributed by atoms with Gasteiger partial charge in [-0.2, -0.15) is 0 Å². The molecule has 1 saturated carbocycles. The first-order valence-corrected chi connectivity index (χ1v) is 7.58. The van der Waals surface area contributed by atoms with Crippen LogP contribution < -0.4 is 5.32 Å². The van der Waals surface area contributed by atoms with Gasteiger partial charge < -0.3 is 10.1 Å². The summed E-state index contributed by atoms with van der Waals surface area (Å²) in [5.74, 6) is -0.344. The summed E-state index contributed by atoms with van der Waals surface area (Å²) >= 11 is 0. The molecule has 0 atom stereocenters. The monoisotopic (exact) mass is 283 g/mol. The second kappa shape index (κ2) is 6.59. The summed E-state index contributed by atoms with van der Waals surface area (Å²) in [5.41, 5.74) is 0.502. The highest BCUT2D eigenvalue weighted by molar-refractivity contribution is 5.81. The van der Waals surface area contributed by atoms with Gasteiger partial charge in [-0.15, -0.1) is 0 Å². The fraction of sp³-hybridized carbons (Fsp3) is 0.875. The Morgan fingerprint density at radius 1 is 1.10 bits per heavy atom. The van der Waals surface area contributed by atoms with Crippen LogP contribution in [0.5, 0.6) is 0 Å². The molecule has 0 radical (unpaired) electrons. The summed E-state index contributed by atoms with van der Waals surface area (Å²) in [4.78, 5) is 23.2. The van der Waals surface area contributed by atoms with Gasteiger partial charge in [0.05, 0.1) is 13.0 Å². The first kappa shape index (κ1) is 17.0. The lowest BCUT2D eigenvalue weighted by Gasteiger charge is -2.45. The predicted octanol–water partition coefficient (Wildman–Crippen LogP) is 3.05. The molecule has 1 aliphatic carbocycles. The number of esters is 1. The van der Waals surface area contributed by atoms with E-state index in [4.69, 9.17) is 4.74 Å². The van der Waals surface area contributed by atoms with Crippen LogP contribution in [0.25, 0.3) is 0 Å². The highest BCUT2D eigenvalue weighted by Gasteiger charge is 2.38. The van der Waals surface area contributed by atoms with Crippen molar-refractivity contribution in [1.82, 2.24) is 5.32 Å². The van der Waals surface area contributed by atoms with Gasteiger partial charge in [0.15, 0.2) is 0 Å². The molecule has 0 aromatic heterocycles. The van der Waals surface area contributed by atoms with Crippen molar-refractivity contribution in [1.29, 1.82) is 0 Å². The highest BCUT2D eigenvalue weighted by Crippen LogP contribution is 2.45. The van der Waals surface area contributed by atoms with Crippen LogP contribution in [0.15, 0.2) is 0 Å². The Bertz CT molecular complexity index is 345. The lowest BCUT2D eigenvalue weighted by atomic mass is 9.63. The van der Waals surface area contributed by atoms with Crippen molar-refractivity contribution in [2.45, 2.75) is 72.8 Å². The normalized spacial score (nSPS) is 21.2. The Morgan fingerprint density at radius 2 is 1.65 bits per heavy atom. The predicted molar refractivity (Wildman–Crippen MR) is 79.2 cm³/mol. The molecule has 1 N–H and O–H groups in total. The van der Waals surface area contributed by atoms with Crippen LogP contribution in [0.4, 0.5) is 0 Å². The minimum atomic E-state index is -0.299. The van der Waals surface area contributed by atoms with Gasteiger partial charge in [0, 0.05) is 12.5 Å². The second-order valence-corrected chi connectivity index (χ2v) is 7.48. The molecule has 4 nitrogen and oxygen atoms in total. The zero-order valence-electron chi connectivity index (χ0n) is 13.5. The molecule has 1 amide bonds. The summed E-state index contributed by atoms with van der Waals surface area (Å²) in [6.07, 6.45) is 3.56. The summed E-state index contributed by atoms with van der Waals surface area (Å²) in [7, 11) is 0. The first-order chi connectivity index (χ1) is 9.13. The van der Waals surface area contributed by atoms with Gasteiger partial charge >= 0.3 is 5.97 Å². The Hall–Kier alpha value is -1.06. The largest absolute Gasteiger partial charge is 0.466 e. The molecule has 0 aromatic carbocycles. The molecule has 0 heterocycles. The minimum absolute atomic E-state index is 0.0449. The molecule has 0 aliphatic heterocycles. The van der Waals surface area contributed by atoms with Gasteiger partial charge in [0.2, 0.25) is 5.91 Å². The number of hydrogen-bond acceptors (Lipinski definition) is 3. The van der Waals surface area contributed by atoms with Crippen molar-refractivity contribution in [2.24, 2.45) is 10.8 Å². The van der Waals surface area contributed by atoms with E-state index in [2.05, 4.69) is 33.0 Å². The van der Waals surface area contributed by atoms with Gasteiger partial charge in [0.25, 0.3) is 0 Å². The summed E-state index contributed by atoms with van der Waals surface area (Å²) in [5, 5.41) is 3.08. The zero-order chi connectivity index (χ0) is 15.4. The topological polar surface area (TPSA) is 55.4 Å². The molecule has 20 heavy (non-hydrogen) atoms. The third-order valence-corrected chi connectivity index (χ3v) is 3.78. The standard InChI is InChI=1S/C16H29NO3/c1-6-20-14(19)8-7-13(18)17-12-9-15(2,3)11-16(4,5)10-12/h12H,6-11H2,1-5H3,(H,17,18). The van der Waals surface area contributed by atoms with E-state index in [9.17, 15) is 9.59 Å². The maximum absolute atomic E-state index is 11.9. The second-order valence-electron chi connectivity index (χ2n) is 7.48. The van der Waals surface area contributed by atoms with Gasteiger partial charge in [-0.05, 0) is 37.0 Å². The van der Waals surface area contributed by atoms with Gasteiger partial charge in [-0.3, -0.25) is 9.59 Å². The summed E-state index contributed by atoms with van der Waals surface area (Å²) in [6.45, 7) is 11.2. The molecule has 1 aliphatic rings. The average molecular weight is 283 g/mol. The van der Waals surface area contributed by atoms with Crippen molar-refractivity contribution in [3.63, 3.8) is 0 Å². The van der Waals surface area contributed by atoms with Crippen LogP contribution in [-0.2, 0) is 14.3 Å². The average Bonchev–Trinajstić information content (AvgIpc) is 2.22. The van der Waals surface area contributed by atoms with Crippen molar-refractivity contribution in [3.05, 3.63) is 0 Å². The van der Waals surface area contributed by atoms with Crippen LogP contribution >= 0.6 is 0 Å². The van der Waals surface area contributed by atoms with Crippen LogP contribution in [0.2, 0.25) is 0 Å². The molecule has 1 rings (SSSR count). The molecule has 0 saturated heterocycles. The number of rotatable bonds is 5. The minimum Gasteiger partial charge on any atom is -0.466 e. The van der Waals surface area contributed by atoms with Crippen molar-refractivity contribution in [2.75, 3.05) is 6.61 Å². The van der Waals surface area contributed by atoms with E-state index in [-0.39, 0.29) is 41.6 Å². The van der Waals surface area contributed by atoms with E-state index in [1.807, 2.05) is 0 Å². The van der Waals surface area contributed by atoms with E-state index in [0.29, 0.717) is 6.61 Å². The molecule has 0 aromatic rings. The number of ether oxygens (including phenoxy) is 1. The summed E-state index contributed by atoms with van der Waals surface area (Å²) in [6, 6.07) is 0.212. The Morgan fingerprint density at radius 3 is 2.15 bits per heavy atom. The first-order valence-electron chi connectivity index (χ1n) is 7.58. The SMILES string of the molecule is CCOC(=O)CCC(=O)NC1CC(C)(C)CC(C)(C)C1. The van der Waals surface area contributed by atoms with Crippen LogP contribution in [0.1, 0.15) is 66.7 Å². The van der Waals surface area contributed by atoms with Gasteiger partial charge in [-0.1, -0.05) is 27.7 Å². The van der Waals surface area contributed by atoms with Crippen molar-refractivity contribution in [3.8, 4) is 0 Å². The molecular formula is C16H29NO3. The fourth-order valence-electron chi connectivity index (χ4n) is 3.70. The Balaban J connectivity index is 2.43. The maximum Gasteiger partial charge on any atom is 0.306 e. The molecular weight excluding hydrogens is 254 g/mol. The number of nitrogens with one attached hydrogen (secondary N) is 1. The quantitative estimate of drug-likeness (QED) is 0.789. The highest BCUT2D eigenvalue weighted by atomic mass is 16.5. The lowest BCUT2D eigenvalue weighted by molar-refractivity contribution is -0.144. The van der Waals surface area contributed by atoms with Gasteiger partial charge in [-0.25, -0.2) is 0 Å². The van der Waals surface area contributed by atoms with Crippen LogP contribution in [0, 0.1) is 10.8 Å². The number of amides is 1. The van der Waals surface area contributed by atoms with E-state index in [1.165, 1.54) is 6.42 Å². The van der Waals surface area contributed by atoms with Crippen LogP contribution in [-0.4, -0.2) is 24.5 Å². The Kier molecular flexibility index (Phi) is 5.60. The zero-order valence-corrected chi connectivity index (χ0v) is 13.5. The molecule has 0 spiro atoms. The van der Waals surface area contributed by atoms with E-state index in [1.54, 1.807) is 6.92 Å². The lowest BCUT2D eigenvalue weighted by Crippen LogP contribution is -2.46. The fourth-order valence-corrected chi connectivity index (χ4v) is 3.70. The molecule has 0 bridgehead atoms. The van der Waals surface area contributed by atoms with E-state index in [0.717, 1.165) is 12.8 Å². The number of carbonyl (C=O) groups is 2. The van der Waals surface area contributed by atoms with Crippen molar-refractivity contribution < 1.29 is 14.3 Å². The molecule has 116 valence electrons. The number of hydrogen-bond donors (Lipinski definition) is 1. The summed E-state index contributed by atoms with van der Waals surface area (Å²) < 4.78 is 4.83. The van der Waals surface area contributed by atoms with E-state index < -0.39 is 0 Å². The maximum atomic E-state index is 11.9. The van der Waals surface area contributed by atoms with Crippen LogP contribution in [0.3, 0.4) is 0 Å². The van der Waals surface area contributed by atoms with Crippen molar-refractivity contribution >= 4 is 11.9 Å². The molecule has 4 heteroatoms. The van der Waals surface area contributed by atoms with E-state index >= 15 is 0 Å². The molecule has 0 unspecified atom stereocenters. The third-order valence-electron chi connectivity index (χ3n) is 3.78. The third kappa shape index (κ3) is 5.93. The molecule has 1 fully saturated rings. The Labute approximate surface area is 122 Å².